The smallest absolute Gasteiger partial charge is 0.323 e. The quantitative estimate of drug-likeness (QED) is 0.500. The molecule has 3 aromatic rings. The van der Waals surface area contributed by atoms with E-state index in [1.807, 2.05) is 18.2 Å². The molecule has 5 N–H and O–H groups in total. The van der Waals surface area contributed by atoms with Gasteiger partial charge in [0.2, 0.25) is 0 Å². The van der Waals surface area contributed by atoms with E-state index in [0.29, 0.717) is 22.7 Å². The van der Waals surface area contributed by atoms with Gasteiger partial charge in [0.05, 0.1) is 18.4 Å². The Morgan fingerprint density at radius 2 is 1.43 bits per heavy atom. The fourth-order valence-electron chi connectivity index (χ4n) is 2.68. The molecule has 0 aliphatic rings. The number of primary amides is 1. The Hall–Kier alpha value is -4.33. The topological polar surface area (TPSA) is 123 Å². The van der Waals surface area contributed by atoms with Gasteiger partial charge in [-0.1, -0.05) is 18.2 Å². The van der Waals surface area contributed by atoms with Crippen molar-refractivity contribution in [2.24, 2.45) is 5.73 Å². The third kappa shape index (κ3) is 5.14. The first-order valence-electron chi connectivity index (χ1n) is 8.98. The lowest BCUT2D eigenvalue weighted by atomic mass is 10.1. The fourth-order valence-corrected chi connectivity index (χ4v) is 2.68. The van der Waals surface area contributed by atoms with Gasteiger partial charge in [-0.3, -0.25) is 9.59 Å². The molecule has 0 aliphatic heterocycles. The number of carbonyl (C=O) groups is 3. The van der Waals surface area contributed by atoms with Crippen LogP contribution in [0.5, 0.6) is 5.75 Å². The van der Waals surface area contributed by atoms with Gasteiger partial charge in [-0.25, -0.2) is 4.79 Å². The molecule has 0 bridgehead atoms. The van der Waals surface area contributed by atoms with E-state index in [0.717, 1.165) is 0 Å². The molecule has 0 atom stereocenters. The first kappa shape index (κ1) is 20.4. The molecule has 3 aromatic carbocycles. The first-order valence-corrected chi connectivity index (χ1v) is 8.98. The summed E-state index contributed by atoms with van der Waals surface area (Å²) in [6, 6.07) is 19.5. The lowest BCUT2D eigenvalue weighted by Gasteiger charge is -2.11. The molecule has 152 valence electrons. The number of nitrogens with two attached hydrogens (primary N) is 1. The van der Waals surface area contributed by atoms with Crippen LogP contribution >= 0.6 is 0 Å². The zero-order valence-electron chi connectivity index (χ0n) is 16.1. The molecule has 0 aromatic heterocycles. The van der Waals surface area contributed by atoms with E-state index in [9.17, 15) is 14.4 Å². The Kier molecular flexibility index (Phi) is 6.29. The minimum absolute atomic E-state index is 0.138. The second kappa shape index (κ2) is 9.24. The fraction of sp³-hybridized carbons (Fsp3) is 0.0455. The largest absolute Gasteiger partial charge is 0.497 e. The van der Waals surface area contributed by atoms with E-state index in [2.05, 4.69) is 16.0 Å². The van der Waals surface area contributed by atoms with Crippen molar-refractivity contribution in [1.82, 2.24) is 0 Å². The maximum absolute atomic E-state index is 12.5. The SMILES string of the molecule is COc1ccc(NC(=O)c2ccc(NC(=O)Nc3ccccc3)cc2)c(C(N)=O)c1. The molecule has 8 nitrogen and oxygen atoms in total. The number of ether oxygens (including phenoxy) is 1. The number of para-hydroxylation sites is 1. The monoisotopic (exact) mass is 404 g/mol. The first-order chi connectivity index (χ1) is 14.5. The molecule has 30 heavy (non-hydrogen) atoms. The minimum atomic E-state index is -0.687. The van der Waals surface area contributed by atoms with Crippen molar-refractivity contribution in [2.45, 2.75) is 0 Å². The number of hydrogen-bond donors (Lipinski definition) is 4. The molecular formula is C22H20N4O4. The molecule has 0 aliphatic carbocycles. The maximum Gasteiger partial charge on any atom is 0.323 e. The van der Waals surface area contributed by atoms with Gasteiger partial charge < -0.3 is 26.4 Å². The van der Waals surface area contributed by atoms with Gasteiger partial charge in [0.1, 0.15) is 5.75 Å². The zero-order valence-corrected chi connectivity index (χ0v) is 16.1. The molecule has 0 unspecified atom stereocenters. The molecule has 0 heterocycles. The summed E-state index contributed by atoms with van der Waals surface area (Å²) in [6.07, 6.45) is 0. The molecule has 0 radical (unpaired) electrons. The van der Waals surface area contributed by atoms with Crippen LogP contribution in [0.1, 0.15) is 20.7 Å². The number of urea groups is 1. The van der Waals surface area contributed by atoms with Crippen molar-refractivity contribution in [3.8, 4) is 5.75 Å². The van der Waals surface area contributed by atoms with Crippen LogP contribution in [-0.4, -0.2) is 25.0 Å². The highest BCUT2D eigenvalue weighted by molar-refractivity contribution is 6.09. The molecule has 3 rings (SSSR count). The van der Waals surface area contributed by atoms with Crippen molar-refractivity contribution in [3.63, 3.8) is 0 Å². The predicted molar refractivity (Wildman–Crippen MR) is 115 cm³/mol. The van der Waals surface area contributed by atoms with Crippen LogP contribution in [0.2, 0.25) is 0 Å². The number of hydrogen-bond acceptors (Lipinski definition) is 4. The molecule has 8 heteroatoms. The van der Waals surface area contributed by atoms with Gasteiger partial charge in [-0.05, 0) is 54.6 Å². The Bertz CT molecular complexity index is 1070. The van der Waals surface area contributed by atoms with Crippen molar-refractivity contribution < 1.29 is 19.1 Å². The van der Waals surface area contributed by atoms with Crippen LogP contribution in [0.25, 0.3) is 0 Å². The summed E-state index contributed by atoms with van der Waals surface area (Å²) >= 11 is 0. The lowest BCUT2D eigenvalue weighted by Crippen LogP contribution is -2.20. The van der Waals surface area contributed by atoms with Crippen molar-refractivity contribution in [3.05, 3.63) is 83.9 Å². The standard InChI is InChI=1S/C22H20N4O4/c1-30-17-11-12-19(18(13-17)20(23)27)26-21(28)14-7-9-16(10-8-14)25-22(29)24-15-5-3-2-4-6-15/h2-13H,1H3,(H2,23,27)(H,26,28)(H2,24,25,29). The Balaban J connectivity index is 1.65. The van der Waals surface area contributed by atoms with Crippen molar-refractivity contribution >= 4 is 34.9 Å². The van der Waals surface area contributed by atoms with E-state index in [4.69, 9.17) is 10.5 Å². The number of nitrogens with one attached hydrogen (secondary N) is 3. The van der Waals surface area contributed by atoms with Gasteiger partial charge >= 0.3 is 6.03 Å². The number of carbonyl (C=O) groups excluding carboxylic acids is 3. The van der Waals surface area contributed by atoms with Gasteiger partial charge in [0.15, 0.2) is 0 Å². The minimum Gasteiger partial charge on any atom is -0.497 e. The van der Waals surface area contributed by atoms with Crippen LogP contribution in [0.15, 0.2) is 72.8 Å². The van der Waals surface area contributed by atoms with E-state index < -0.39 is 17.8 Å². The molecule has 0 saturated heterocycles. The second-order valence-corrected chi connectivity index (χ2v) is 6.25. The van der Waals surface area contributed by atoms with Gasteiger partial charge in [0, 0.05) is 16.9 Å². The van der Waals surface area contributed by atoms with Gasteiger partial charge in [-0.15, -0.1) is 0 Å². The third-order valence-electron chi connectivity index (χ3n) is 4.18. The number of rotatable bonds is 6. The Labute approximate surface area is 173 Å². The summed E-state index contributed by atoms with van der Waals surface area (Å²) in [5, 5.41) is 8.05. The Morgan fingerprint density at radius 1 is 0.800 bits per heavy atom. The number of methoxy groups -OCH3 is 1. The molecule has 0 spiro atoms. The Morgan fingerprint density at radius 3 is 2.03 bits per heavy atom. The summed E-state index contributed by atoms with van der Waals surface area (Å²) in [4.78, 5) is 36.2. The van der Waals surface area contributed by atoms with E-state index in [-0.39, 0.29) is 11.3 Å². The lowest BCUT2D eigenvalue weighted by molar-refractivity contribution is 0.100. The molecule has 0 fully saturated rings. The van der Waals surface area contributed by atoms with E-state index >= 15 is 0 Å². The average molecular weight is 404 g/mol. The highest BCUT2D eigenvalue weighted by atomic mass is 16.5. The van der Waals surface area contributed by atoms with Crippen molar-refractivity contribution in [1.29, 1.82) is 0 Å². The van der Waals surface area contributed by atoms with Crippen LogP contribution in [0.3, 0.4) is 0 Å². The maximum atomic E-state index is 12.5. The van der Waals surface area contributed by atoms with E-state index in [1.54, 1.807) is 48.5 Å². The third-order valence-corrected chi connectivity index (χ3v) is 4.18. The number of amides is 4. The predicted octanol–water partition coefficient (Wildman–Crippen LogP) is 3.69. The van der Waals surface area contributed by atoms with Crippen LogP contribution in [0.4, 0.5) is 21.9 Å². The molecule has 0 saturated carbocycles. The highest BCUT2D eigenvalue weighted by Crippen LogP contribution is 2.22. The summed E-state index contributed by atoms with van der Waals surface area (Å²) in [7, 11) is 1.47. The summed E-state index contributed by atoms with van der Waals surface area (Å²) in [5.74, 6) is -0.665. The van der Waals surface area contributed by atoms with E-state index in [1.165, 1.54) is 13.2 Å². The van der Waals surface area contributed by atoms with Crippen LogP contribution in [-0.2, 0) is 0 Å². The molecular weight excluding hydrogens is 384 g/mol. The van der Waals surface area contributed by atoms with Gasteiger partial charge in [-0.2, -0.15) is 0 Å². The second-order valence-electron chi connectivity index (χ2n) is 6.25. The summed E-state index contributed by atoms with van der Waals surface area (Å²) in [5.41, 5.74) is 7.32. The average Bonchev–Trinajstić information content (AvgIpc) is 2.75. The van der Waals surface area contributed by atoms with Crippen molar-refractivity contribution in [2.75, 3.05) is 23.1 Å². The number of benzene rings is 3. The normalized spacial score (nSPS) is 10.0. The van der Waals surface area contributed by atoms with Gasteiger partial charge in [0.25, 0.3) is 11.8 Å². The van der Waals surface area contributed by atoms with Crippen LogP contribution < -0.4 is 26.4 Å². The summed E-state index contributed by atoms with van der Waals surface area (Å²) < 4.78 is 5.07. The highest BCUT2D eigenvalue weighted by Gasteiger charge is 2.14. The summed E-state index contributed by atoms with van der Waals surface area (Å²) in [6.45, 7) is 0. The van der Waals surface area contributed by atoms with Crippen LogP contribution in [0, 0.1) is 0 Å². The zero-order chi connectivity index (χ0) is 21.5. The number of anilines is 3. The molecule has 4 amide bonds.